The van der Waals surface area contributed by atoms with Crippen LogP contribution in [-0.4, -0.2) is 6.61 Å². The molecule has 1 atom stereocenters. The van der Waals surface area contributed by atoms with E-state index in [-0.39, 0.29) is 5.82 Å². The Morgan fingerprint density at radius 3 is 2.87 bits per heavy atom. The molecule has 2 N–H and O–H groups in total. The Hall–Kier alpha value is -1.35. The first-order valence-corrected chi connectivity index (χ1v) is 5.03. The third kappa shape index (κ3) is 2.02. The van der Waals surface area contributed by atoms with E-state index in [9.17, 15) is 4.39 Å². The number of rotatable bonds is 2. The second kappa shape index (κ2) is 4.03. The summed E-state index contributed by atoms with van der Waals surface area (Å²) in [5.41, 5.74) is 7.31. The first-order valence-electron chi connectivity index (χ1n) is 5.03. The van der Waals surface area contributed by atoms with Gasteiger partial charge in [-0.3, -0.25) is 0 Å². The van der Waals surface area contributed by atoms with E-state index in [1.54, 1.807) is 6.07 Å². The number of benzene rings is 1. The molecule has 2 nitrogen and oxygen atoms in total. The Morgan fingerprint density at radius 1 is 1.47 bits per heavy atom. The lowest BCUT2D eigenvalue weighted by molar-refractivity contribution is 0.224. The highest BCUT2D eigenvalue weighted by Gasteiger charge is 2.19. The number of halogens is 1. The van der Waals surface area contributed by atoms with Gasteiger partial charge in [-0.25, -0.2) is 4.39 Å². The predicted molar refractivity (Wildman–Crippen MR) is 56.7 cm³/mol. The summed E-state index contributed by atoms with van der Waals surface area (Å²) in [6, 6.07) is 4.59. The molecule has 1 aromatic carbocycles. The van der Waals surface area contributed by atoms with Crippen molar-refractivity contribution in [2.24, 2.45) is 5.73 Å². The molecule has 0 fully saturated rings. The highest BCUT2D eigenvalue weighted by Crippen LogP contribution is 2.26. The van der Waals surface area contributed by atoms with E-state index in [0.29, 0.717) is 17.9 Å². The highest BCUT2D eigenvalue weighted by atomic mass is 19.1. The molecule has 1 aliphatic rings. The van der Waals surface area contributed by atoms with Crippen molar-refractivity contribution in [2.75, 3.05) is 6.61 Å². The van der Waals surface area contributed by atoms with E-state index in [0.717, 1.165) is 12.0 Å². The van der Waals surface area contributed by atoms with E-state index in [2.05, 4.69) is 0 Å². The summed E-state index contributed by atoms with van der Waals surface area (Å²) in [7, 11) is 0. The first kappa shape index (κ1) is 10.2. The van der Waals surface area contributed by atoms with E-state index in [4.69, 9.17) is 10.5 Å². The second-order valence-electron chi connectivity index (χ2n) is 3.75. The van der Waals surface area contributed by atoms with Gasteiger partial charge in [0, 0.05) is 12.0 Å². The normalized spacial score (nSPS) is 17.1. The Labute approximate surface area is 88.5 Å². The van der Waals surface area contributed by atoms with Crippen molar-refractivity contribution in [2.45, 2.75) is 19.4 Å². The molecule has 0 saturated heterocycles. The van der Waals surface area contributed by atoms with Crippen molar-refractivity contribution in [3.63, 3.8) is 0 Å². The maximum atomic E-state index is 13.6. The summed E-state index contributed by atoms with van der Waals surface area (Å²) >= 11 is 0. The van der Waals surface area contributed by atoms with Crippen LogP contribution in [0.1, 0.15) is 23.6 Å². The number of nitrogens with two attached hydrogens (primary N) is 1. The first-order chi connectivity index (χ1) is 7.18. The monoisotopic (exact) mass is 207 g/mol. The molecule has 0 aliphatic carbocycles. The summed E-state index contributed by atoms with van der Waals surface area (Å²) in [5, 5.41) is 0. The zero-order valence-corrected chi connectivity index (χ0v) is 8.66. The molecule has 1 unspecified atom stereocenters. The summed E-state index contributed by atoms with van der Waals surface area (Å²) in [5.74, 6) is 0.414. The summed E-state index contributed by atoms with van der Waals surface area (Å²) in [6.45, 7) is 2.50. The van der Waals surface area contributed by atoms with Crippen LogP contribution in [0.4, 0.5) is 4.39 Å². The van der Waals surface area contributed by atoms with E-state index in [1.165, 1.54) is 6.07 Å². The number of hydrogen-bond acceptors (Lipinski definition) is 2. The molecule has 15 heavy (non-hydrogen) atoms. The van der Waals surface area contributed by atoms with E-state index in [1.807, 2.05) is 19.1 Å². The quantitative estimate of drug-likeness (QED) is 0.808. The lowest BCUT2D eigenvalue weighted by atomic mass is 10.0. The molecule has 0 aromatic heterocycles. The van der Waals surface area contributed by atoms with Gasteiger partial charge in [0.05, 0.1) is 12.6 Å². The van der Waals surface area contributed by atoms with Crippen LogP contribution in [-0.2, 0) is 4.74 Å². The summed E-state index contributed by atoms with van der Waals surface area (Å²) in [6.07, 6.45) is 2.78. The second-order valence-corrected chi connectivity index (χ2v) is 3.75. The topological polar surface area (TPSA) is 35.2 Å². The molecule has 1 heterocycles. The van der Waals surface area contributed by atoms with Crippen LogP contribution < -0.4 is 5.73 Å². The summed E-state index contributed by atoms with van der Waals surface area (Å²) in [4.78, 5) is 0. The molecule has 80 valence electrons. The van der Waals surface area contributed by atoms with Gasteiger partial charge in [0.2, 0.25) is 0 Å². The number of aryl methyl sites for hydroxylation is 1. The predicted octanol–water partition coefficient (Wildman–Crippen LogP) is 2.44. The van der Waals surface area contributed by atoms with Crippen LogP contribution in [0.15, 0.2) is 30.0 Å². The van der Waals surface area contributed by atoms with Gasteiger partial charge in [0.25, 0.3) is 0 Å². The number of hydrogen-bond donors (Lipinski definition) is 1. The van der Waals surface area contributed by atoms with Crippen molar-refractivity contribution in [3.05, 3.63) is 47.0 Å². The van der Waals surface area contributed by atoms with Crippen molar-refractivity contribution >= 4 is 0 Å². The van der Waals surface area contributed by atoms with Gasteiger partial charge in [-0.1, -0.05) is 12.1 Å². The molecule has 0 saturated carbocycles. The molecular weight excluding hydrogens is 193 g/mol. The Bertz CT molecular complexity index is 401. The zero-order valence-electron chi connectivity index (χ0n) is 8.66. The van der Waals surface area contributed by atoms with E-state index < -0.39 is 6.04 Å². The largest absolute Gasteiger partial charge is 0.496 e. The lowest BCUT2D eigenvalue weighted by Crippen LogP contribution is -2.15. The number of ether oxygens (including phenoxy) is 1. The average molecular weight is 207 g/mol. The van der Waals surface area contributed by atoms with Crippen LogP contribution in [0.5, 0.6) is 0 Å². The van der Waals surface area contributed by atoms with Crippen LogP contribution in [0, 0.1) is 12.7 Å². The smallest absolute Gasteiger partial charge is 0.128 e. The van der Waals surface area contributed by atoms with Gasteiger partial charge >= 0.3 is 0 Å². The fourth-order valence-corrected chi connectivity index (χ4v) is 1.69. The average Bonchev–Trinajstić information content (AvgIpc) is 2.69. The molecule has 0 spiro atoms. The van der Waals surface area contributed by atoms with Crippen LogP contribution in [0.25, 0.3) is 0 Å². The SMILES string of the molecule is Cc1ccc(C(N)C2=CCCO2)c(F)c1. The molecule has 3 heteroatoms. The highest BCUT2D eigenvalue weighted by molar-refractivity contribution is 5.30. The van der Waals surface area contributed by atoms with Gasteiger partial charge in [-0.05, 0) is 24.6 Å². The minimum atomic E-state index is -0.479. The maximum Gasteiger partial charge on any atom is 0.128 e. The third-order valence-electron chi connectivity index (χ3n) is 2.53. The summed E-state index contributed by atoms with van der Waals surface area (Å²) < 4.78 is 18.9. The minimum absolute atomic E-state index is 0.265. The molecule has 0 radical (unpaired) electrons. The van der Waals surface area contributed by atoms with Crippen LogP contribution >= 0.6 is 0 Å². The fraction of sp³-hybridized carbons (Fsp3) is 0.333. The van der Waals surface area contributed by atoms with Gasteiger partial charge in [-0.2, -0.15) is 0 Å². The molecular formula is C12H14FNO. The fourth-order valence-electron chi connectivity index (χ4n) is 1.69. The molecule has 1 aromatic rings. The van der Waals surface area contributed by atoms with Crippen LogP contribution in [0.2, 0.25) is 0 Å². The van der Waals surface area contributed by atoms with Crippen molar-refractivity contribution in [1.82, 2.24) is 0 Å². The molecule has 1 aliphatic heterocycles. The van der Waals surface area contributed by atoms with Crippen molar-refractivity contribution < 1.29 is 9.13 Å². The maximum absolute atomic E-state index is 13.6. The third-order valence-corrected chi connectivity index (χ3v) is 2.53. The minimum Gasteiger partial charge on any atom is -0.496 e. The molecule has 0 amide bonds. The van der Waals surface area contributed by atoms with Crippen molar-refractivity contribution in [3.8, 4) is 0 Å². The Morgan fingerprint density at radius 2 is 2.27 bits per heavy atom. The molecule has 0 bridgehead atoms. The van der Waals surface area contributed by atoms with E-state index >= 15 is 0 Å². The lowest BCUT2D eigenvalue weighted by Gasteiger charge is -2.14. The Kier molecular flexibility index (Phi) is 2.73. The van der Waals surface area contributed by atoms with Crippen molar-refractivity contribution in [1.29, 1.82) is 0 Å². The standard InChI is InChI=1S/C12H14FNO/c1-8-4-5-9(10(13)7-8)12(14)11-3-2-6-15-11/h3-5,7,12H,2,6,14H2,1H3. The van der Waals surface area contributed by atoms with Gasteiger partial charge < -0.3 is 10.5 Å². The Balaban J connectivity index is 2.28. The van der Waals surface area contributed by atoms with Gasteiger partial charge in [0.1, 0.15) is 11.6 Å². The zero-order chi connectivity index (χ0) is 10.8. The van der Waals surface area contributed by atoms with Gasteiger partial charge in [-0.15, -0.1) is 0 Å². The van der Waals surface area contributed by atoms with Crippen LogP contribution in [0.3, 0.4) is 0 Å². The molecule has 2 rings (SSSR count). The van der Waals surface area contributed by atoms with Gasteiger partial charge in [0.15, 0.2) is 0 Å².